The molecule has 0 saturated heterocycles. The first-order valence-electron chi connectivity index (χ1n) is 6.82. The first-order valence-corrected chi connectivity index (χ1v) is 6.82. The van der Waals surface area contributed by atoms with Crippen molar-refractivity contribution in [3.8, 4) is 0 Å². The van der Waals surface area contributed by atoms with Crippen LogP contribution in [0.15, 0.2) is 0 Å². The molecule has 0 aliphatic heterocycles. The van der Waals surface area contributed by atoms with E-state index in [0.29, 0.717) is 5.95 Å². The Morgan fingerprint density at radius 1 is 1.28 bits per heavy atom. The quantitative estimate of drug-likeness (QED) is 0.885. The molecule has 0 amide bonds. The molecule has 0 bridgehead atoms. The lowest BCUT2D eigenvalue weighted by Gasteiger charge is -2.22. The van der Waals surface area contributed by atoms with Gasteiger partial charge in [0.1, 0.15) is 5.52 Å². The van der Waals surface area contributed by atoms with Gasteiger partial charge in [-0.2, -0.15) is 5.10 Å². The van der Waals surface area contributed by atoms with Gasteiger partial charge in [0.2, 0.25) is 5.95 Å². The molecule has 0 spiro atoms. The Bertz CT molecular complexity index is 559. The standard InChI is InChI=1S/C13H21N5/c1-9-11-12(17(2)16-9)18(13(14)15-11)8-10-6-4-3-5-7-10/h10H,3-8H2,1-2H3,(H2,14,15). The zero-order chi connectivity index (χ0) is 12.7. The fourth-order valence-electron chi connectivity index (χ4n) is 3.16. The number of imidazole rings is 1. The molecule has 2 aromatic rings. The van der Waals surface area contributed by atoms with Crippen molar-refractivity contribution in [2.24, 2.45) is 13.0 Å². The van der Waals surface area contributed by atoms with E-state index in [4.69, 9.17) is 5.73 Å². The average Bonchev–Trinajstić information content (AvgIpc) is 2.81. The number of fused-ring (bicyclic) bond motifs is 1. The van der Waals surface area contributed by atoms with Crippen LogP contribution in [0.25, 0.3) is 11.2 Å². The Morgan fingerprint density at radius 3 is 2.72 bits per heavy atom. The largest absolute Gasteiger partial charge is 0.369 e. The molecule has 98 valence electrons. The predicted octanol–water partition coefficient (Wildman–Crippen LogP) is 2.24. The van der Waals surface area contributed by atoms with Gasteiger partial charge < -0.3 is 5.73 Å². The number of hydrogen-bond donors (Lipinski definition) is 1. The van der Waals surface area contributed by atoms with Crippen LogP contribution in [0.3, 0.4) is 0 Å². The van der Waals surface area contributed by atoms with Crippen LogP contribution in [0.2, 0.25) is 0 Å². The molecule has 18 heavy (non-hydrogen) atoms. The highest BCUT2D eigenvalue weighted by Gasteiger charge is 2.20. The maximum Gasteiger partial charge on any atom is 0.202 e. The maximum absolute atomic E-state index is 6.06. The van der Waals surface area contributed by atoms with Gasteiger partial charge in [0.05, 0.1) is 5.69 Å². The third-order valence-electron chi connectivity index (χ3n) is 4.09. The topological polar surface area (TPSA) is 61.7 Å². The van der Waals surface area contributed by atoms with Crippen LogP contribution in [0.1, 0.15) is 37.8 Å². The van der Waals surface area contributed by atoms with E-state index in [1.165, 1.54) is 32.1 Å². The van der Waals surface area contributed by atoms with Gasteiger partial charge in [0.25, 0.3) is 0 Å². The zero-order valence-electron chi connectivity index (χ0n) is 11.2. The first kappa shape index (κ1) is 11.6. The summed E-state index contributed by atoms with van der Waals surface area (Å²) in [5.41, 5.74) is 9.04. The Morgan fingerprint density at radius 2 is 2.00 bits per heavy atom. The zero-order valence-corrected chi connectivity index (χ0v) is 11.2. The number of anilines is 1. The molecule has 1 fully saturated rings. The van der Waals surface area contributed by atoms with Gasteiger partial charge in [0, 0.05) is 13.6 Å². The lowest BCUT2D eigenvalue weighted by Crippen LogP contribution is -2.16. The minimum absolute atomic E-state index is 0.631. The van der Waals surface area contributed by atoms with Gasteiger partial charge in [-0.05, 0) is 25.7 Å². The molecule has 0 radical (unpaired) electrons. The van der Waals surface area contributed by atoms with Gasteiger partial charge in [0.15, 0.2) is 5.65 Å². The number of nitrogens with two attached hydrogens (primary N) is 1. The summed E-state index contributed by atoms with van der Waals surface area (Å²) >= 11 is 0. The van der Waals surface area contributed by atoms with Gasteiger partial charge in [-0.1, -0.05) is 19.3 Å². The molecule has 2 N–H and O–H groups in total. The van der Waals surface area contributed by atoms with Crippen molar-refractivity contribution in [2.75, 3.05) is 5.73 Å². The van der Waals surface area contributed by atoms with Crippen molar-refractivity contribution < 1.29 is 0 Å². The number of aryl methyl sites for hydroxylation is 2. The lowest BCUT2D eigenvalue weighted by atomic mass is 9.89. The SMILES string of the molecule is Cc1nn(C)c2c1nc(N)n2CC1CCCCC1. The third-order valence-corrected chi connectivity index (χ3v) is 4.09. The summed E-state index contributed by atoms with van der Waals surface area (Å²) in [5.74, 6) is 1.38. The molecule has 3 rings (SSSR count). The summed E-state index contributed by atoms with van der Waals surface area (Å²) in [6, 6.07) is 0. The van der Waals surface area contributed by atoms with Crippen molar-refractivity contribution in [1.82, 2.24) is 19.3 Å². The molecule has 1 saturated carbocycles. The highest BCUT2D eigenvalue weighted by Crippen LogP contribution is 2.28. The minimum atomic E-state index is 0.631. The van der Waals surface area contributed by atoms with Crippen LogP contribution < -0.4 is 5.73 Å². The summed E-state index contributed by atoms with van der Waals surface area (Å²) in [5, 5.41) is 4.42. The Hall–Kier alpha value is -1.52. The van der Waals surface area contributed by atoms with Crippen molar-refractivity contribution >= 4 is 17.1 Å². The van der Waals surface area contributed by atoms with Crippen molar-refractivity contribution in [3.05, 3.63) is 5.69 Å². The fraction of sp³-hybridized carbons (Fsp3) is 0.692. The molecule has 0 atom stereocenters. The maximum atomic E-state index is 6.06. The second-order valence-corrected chi connectivity index (χ2v) is 5.47. The van der Waals surface area contributed by atoms with Crippen LogP contribution >= 0.6 is 0 Å². The summed E-state index contributed by atoms with van der Waals surface area (Å²) in [6.07, 6.45) is 6.72. The van der Waals surface area contributed by atoms with E-state index < -0.39 is 0 Å². The first-order chi connectivity index (χ1) is 8.66. The second-order valence-electron chi connectivity index (χ2n) is 5.47. The van der Waals surface area contributed by atoms with E-state index in [-0.39, 0.29) is 0 Å². The molecule has 5 heteroatoms. The third kappa shape index (κ3) is 1.78. The van der Waals surface area contributed by atoms with Crippen LogP contribution in [-0.4, -0.2) is 19.3 Å². The summed E-state index contributed by atoms with van der Waals surface area (Å²) in [6.45, 7) is 2.97. The number of rotatable bonds is 2. The van der Waals surface area contributed by atoms with Crippen molar-refractivity contribution in [3.63, 3.8) is 0 Å². The van der Waals surface area contributed by atoms with Crippen molar-refractivity contribution in [2.45, 2.75) is 45.6 Å². The van der Waals surface area contributed by atoms with E-state index in [0.717, 1.165) is 29.3 Å². The molecule has 1 aliphatic carbocycles. The van der Waals surface area contributed by atoms with E-state index >= 15 is 0 Å². The monoisotopic (exact) mass is 247 g/mol. The van der Waals surface area contributed by atoms with E-state index in [1.54, 1.807) is 0 Å². The van der Waals surface area contributed by atoms with Gasteiger partial charge >= 0.3 is 0 Å². The molecule has 0 aromatic carbocycles. The van der Waals surface area contributed by atoms with Gasteiger partial charge in [-0.3, -0.25) is 9.25 Å². The Balaban J connectivity index is 1.97. The second kappa shape index (κ2) is 4.30. The molecule has 5 nitrogen and oxygen atoms in total. The Kier molecular flexibility index (Phi) is 2.76. The predicted molar refractivity (Wildman–Crippen MR) is 72.2 cm³/mol. The molecular formula is C13H21N5. The highest BCUT2D eigenvalue weighted by atomic mass is 15.3. The lowest BCUT2D eigenvalue weighted by molar-refractivity contribution is 0.322. The van der Waals surface area contributed by atoms with Crippen molar-refractivity contribution in [1.29, 1.82) is 0 Å². The molecule has 0 unspecified atom stereocenters. The summed E-state index contributed by atoms with van der Waals surface area (Å²) < 4.78 is 4.04. The van der Waals surface area contributed by atoms with Crippen LogP contribution in [-0.2, 0) is 13.6 Å². The summed E-state index contributed by atoms with van der Waals surface area (Å²) in [4.78, 5) is 4.46. The molecule has 2 aromatic heterocycles. The van der Waals surface area contributed by atoms with Crippen LogP contribution in [0.5, 0.6) is 0 Å². The smallest absolute Gasteiger partial charge is 0.202 e. The highest BCUT2D eigenvalue weighted by molar-refractivity contribution is 5.77. The fourth-order valence-corrected chi connectivity index (χ4v) is 3.16. The minimum Gasteiger partial charge on any atom is -0.369 e. The van der Waals surface area contributed by atoms with E-state index in [9.17, 15) is 0 Å². The number of nitrogens with zero attached hydrogens (tertiary/aromatic N) is 4. The van der Waals surface area contributed by atoms with Gasteiger partial charge in [-0.15, -0.1) is 0 Å². The summed E-state index contributed by atoms with van der Waals surface area (Å²) in [7, 11) is 1.97. The average molecular weight is 247 g/mol. The number of nitrogen functional groups attached to an aromatic ring is 1. The number of aromatic nitrogens is 4. The van der Waals surface area contributed by atoms with E-state index in [1.807, 2.05) is 18.7 Å². The normalized spacial score (nSPS) is 17.7. The van der Waals surface area contributed by atoms with Crippen LogP contribution in [0, 0.1) is 12.8 Å². The van der Waals surface area contributed by atoms with E-state index in [2.05, 4.69) is 14.6 Å². The number of hydrogen-bond acceptors (Lipinski definition) is 3. The van der Waals surface area contributed by atoms with Gasteiger partial charge in [-0.25, -0.2) is 4.98 Å². The van der Waals surface area contributed by atoms with Crippen LogP contribution in [0.4, 0.5) is 5.95 Å². The molecule has 2 heterocycles. The molecule has 1 aliphatic rings. The molecular weight excluding hydrogens is 226 g/mol. The Labute approximate surface area is 107 Å².